The lowest BCUT2D eigenvalue weighted by Crippen LogP contribution is -2.46. The monoisotopic (exact) mass is 495 g/mol. The van der Waals surface area contributed by atoms with Crippen LogP contribution < -0.4 is 14.4 Å². The maximum absolute atomic E-state index is 13.3. The molecule has 1 aliphatic rings. The van der Waals surface area contributed by atoms with Crippen molar-refractivity contribution in [2.24, 2.45) is 0 Å². The van der Waals surface area contributed by atoms with E-state index in [2.05, 4.69) is 5.32 Å². The molecule has 35 heavy (non-hydrogen) atoms. The Morgan fingerprint density at radius 1 is 1.09 bits per heavy atom. The van der Waals surface area contributed by atoms with E-state index in [1.54, 1.807) is 32.2 Å². The summed E-state index contributed by atoms with van der Waals surface area (Å²) in [7, 11) is -0.575. The lowest BCUT2D eigenvalue weighted by Gasteiger charge is -2.29. The molecule has 3 aromatic carbocycles. The van der Waals surface area contributed by atoms with E-state index in [1.807, 2.05) is 42.5 Å². The van der Waals surface area contributed by atoms with Gasteiger partial charge in [0.1, 0.15) is 11.8 Å². The molecule has 1 heterocycles. The predicted octanol–water partition coefficient (Wildman–Crippen LogP) is 3.30. The summed E-state index contributed by atoms with van der Waals surface area (Å²) in [5.41, 5.74) is 1.47. The number of nitrogens with one attached hydrogen (secondary N) is 1. The van der Waals surface area contributed by atoms with E-state index < -0.39 is 16.1 Å². The molecule has 0 saturated carbocycles. The van der Waals surface area contributed by atoms with Gasteiger partial charge in [0.25, 0.3) is 10.0 Å². The van der Waals surface area contributed by atoms with Gasteiger partial charge in [0, 0.05) is 31.9 Å². The minimum absolute atomic E-state index is 0.101. The molecule has 1 aliphatic heterocycles. The van der Waals surface area contributed by atoms with Crippen LogP contribution in [0.25, 0.3) is 10.8 Å². The molecule has 0 aromatic heterocycles. The largest absolute Gasteiger partial charge is 0.497 e. The zero-order chi connectivity index (χ0) is 25.2. The highest BCUT2D eigenvalue weighted by Gasteiger charge is 2.35. The Balaban J connectivity index is 1.50. The molecule has 0 aliphatic carbocycles. The van der Waals surface area contributed by atoms with Crippen molar-refractivity contribution >= 4 is 38.3 Å². The SMILES string of the molecule is CNC(=O)C(C)N(Cc1cccc(OC)c1)C(=O)CCCN1c2cccc3cccc(c23)S1(=O)=O. The van der Waals surface area contributed by atoms with E-state index in [4.69, 9.17) is 4.74 Å². The van der Waals surface area contributed by atoms with Crippen molar-refractivity contribution in [3.8, 4) is 5.75 Å². The molecule has 1 unspecified atom stereocenters. The van der Waals surface area contributed by atoms with Gasteiger partial charge in [0.15, 0.2) is 0 Å². The third-order valence-electron chi connectivity index (χ3n) is 6.33. The number of benzene rings is 3. The summed E-state index contributed by atoms with van der Waals surface area (Å²) < 4.78 is 33.0. The lowest BCUT2D eigenvalue weighted by molar-refractivity contribution is -0.140. The fourth-order valence-corrected chi connectivity index (χ4v) is 6.22. The predicted molar refractivity (Wildman–Crippen MR) is 135 cm³/mol. The van der Waals surface area contributed by atoms with Gasteiger partial charge in [-0.25, -0.2) is 8.42 Å². The Morgan fingerprint density at radius 2 is 1.80 bits per heavy atom. The topological polar surface area (TPSA) is 96.0 Å². The van der Waals surface area contributed by atoms with Crippen molar-refractivity contribution in [2.75, 3.05) is 25.0 Å². The van der Waals surface area contributed by atoms with E-state index in [9.17, 15) is 18.0 Å². The first-order valence-corrected chi connectivity index (χ1v) is 12.9. The molecule has 0 saturated heterocycles. The van der Waals surface area contributed by atoms with E-state index in [-0.39, 0.29) is 31.3 Å². The quantitative estimate of drug-likeness (QED) is 0.491. The molecule has 3 aromatic rings. The number of sulfonamides is 1. The molecular weight excluding hydrogens is 466 g/mol. The second-order valence-corrected chi connectivity index (χ2v) is 10.3. The Labute approximate surface area is 205 Å². The molecule has 8 nitrogen and oxygen atoms in total. The smallest absolute Gasteiger partial charge is 0.265 e. The molecule has 184 valence electrons. The summed E-state index contributed by atoms with van der Waals surface area (Å²) in [6.07, 6.45) is 0.418. The Kier molecular flexibility index (Phi) is 6.98. The van der Waals surface area contributed by atoms with Gasteiger partial charge in [-0.1, -0.05) is 36.4 Å². The fraction of sp³-hybridized carbons (Fsp3) is 0.308. The standard InChI is InChI=1S/C26H29N3O5S/c1-18(26(31)27-2)28(17-19-8-4-11-21(16-19)34-3)24(30)14-7-15-29-22-12-5-9-20-10-6-13-23(25(20)22)35(29,32)33/h4-6,8-13,16,18H,7,14-15,17H2,1-3H3,(H,27,31). The number of hydrogen-bond donors (Lipinski definition) is 1. The van der Waals surface area contributed by atoms with Crippen LogP contribution in [0.5, 0.6) is 5.75 Å². The highest BCUT2D eigenvalue weighted by atomic mass is 32.2. The van der Waals surface area contributed by atoms with E-state index >= 15 is 0 Å². The molecule has 1 atom stereocenters. The van der Waals surface area contributed by atoms with Crippen LogP contribution in [0.15, 0.2) is 65.6 Å². The minimum atomic E-state index is -3.68. The zero-order valence-corrected chi connectivity index (χ0v) is 20.8. The number of nitrogens with zero attached hydrogens (tertiary/aromatic N) is 2. The number of hydrogen-bond acceptors (Lipinski definition) is 5. The maximum Gasteiger partial charge on any atom is 0.265 e. The molecule has 2 amide bonds. The lowest BCUT2D eigenvalue weighted by atomic mass is 10.1. The molecule has 4 rings (SSSR count). The summed E-state index contributed by atoms with van der Waals surface area (Å²) in [5.74, 6) is 0.164. The summed E-state index contributed by atoms with van der Waals surface area (Å²) in [4.78, 5) is 27.4. The summed E-state index contributed by atoms with van der Waals surface area (Å²) in [6, 6.07) is 17.4. The molecular formula is C26H29N3O5S. The van der Waals surface area contributed by atoms with Gasteiger partial charge in [-0.05, 0) is 48.6 Å². The van der Waals surface area contributed by atoms with Crippen LogP contribution in [0, 0.1) is 0 Å². The average molecular weight is 496 g/mol. The van der Waals surface area contributed by atoms with Crippen molar-refractivity contribution in [1.82, 2.24) is 10.2 Å². The molecule has 0 spiro atoms. The Bertz CT molecular complexity index is 1370. The van der Waals surface area contributed by atoms with Crippen LogP contribution in [-0.2, 0) is 26.2 Å². The van der Waals surface area contributed by atoms with Crippen LogP contribution >= 0.6 is 0 Å². The number of likely N-dealkylation sites (N-methyl/N-ethyl adjacent to an activating group) is 1. The normalized spacial score (nSPS) is 14.5. The van der Waals surface area contributed by atoms with Crippen molar-refractivity contribution in [2.45, 2.75) is 37.2 Å². The van der Waals surface area contributed by atoms with Crippen LogP contribution in [0.2, 0.25) is 0 Å². The summed E-state index contributed by atoms with van der Waals surface area (Å²) in [6.45, 7) is 2.08. The molecule has 0 radical (unpaired) electrons. The highest BCUT2D eigenvalue weighted by molar-refractivity contribution is 7.93. The second kappa shape index (κ2) is 9.95. The van der Waals surface area contributed by atoms with Crippen LogP contribution in [0.3, 0.4) is 0 Å². The first-order chi connectivity index (χ1) is 16.8. The first kappa shape index (κ1) is 24.5. The number of rotatable bonds is 9. The van der Waals surface area contributed by atoms with Gasteiger partial charge in [0.2, 0.25) is 11.8 Å². The molecule has 1 N–H and O–H groups in total. The van der Waals surface area contributed by atoms with Crippen molar-refractivity contribution < 1.29 is 22.7 Å². The van der Waals surface area contributed by atoms with Gasteiger partial charge in [-0.3, -0.25) is 13.9 Å². The average Bonchev–Trinajstić information content (AvgIpc) is 3.09. The zero-order valence-electron chi connectivity index (χ0n) is 20.0. The second-order valence-electron chi connectivity index (χ2n) is 8.48. The third kappa shape index (κ3) is 4.68. The van der Waals surface area contributed by atoms with E-state index in [0.717, 1.165) is 10.9 Å². The number of anilines is 1. The van der Waals surface area contributed by atoms with E-state index in [1.165, 1.54) is 16.3 Å². The van der Waals surface area contributed by atoms with Crippen molar-refractivity contribution in [3.63, 3.8) is 0 Å². The Hall–Kier alpha value is -3.59. The first-order valence-electron chi connectivity index (χ1n) is 11.5. The summed E-state index contributed by atoms with van der Waals surface area (Å²) >= 11 is 0. The highest BCUT2D eigenvalue weighted by Crippen LogP contribution is 2.42. The Morgan fingerprint density at radius 3 is 2.51 bits per heavy atom. The number of carbonyl (C=O) groups is 2. The van der Waals surface area contributed by atoms with Gasteiger partial charge in [0.05, 0.1) is 17.7 Å². The number of amides is 2. The van der Waals surface area contributed by atoms with Gasteiger partial charge >= 0.3 is 0 Å². The number of ether oxygens (including phenoxy) is 1. The van der Waals surface area contributed by atoms with Crippen LogP contribution in [-0.4, -0.2) is 51.9 Å². The van der Waals surface area contributed by atoms with Crippen molar-refractivity contribution in [1.29, 1.82) is 0 Å². The van der Waals surface area contributed by atoms with Gasteiger partial charge < -0.3 is 15.0 Å². The number of methoxy groups -OCH3 is 1. The third-order valence-corrected chi connectivity index (χ3v) is 8.19. The van der Waals surface area contributed by atoms with Gasteiger partial charge in [-0.15, -0.1) is 0 Å². The maximum atomic E-state index is 13.3. The van der Waals surface area contributed by atoms with Crippen LogP contribution in [0.1, 0.15) is 25.3 Å². The fourth-order valence-electron chi connectivity index (χ4n) is 4.48. The van der Waals surface area contributed by atoms with E-state index in [0.29, 0.717) is 28.1 Å². The summed E-state index contributed by atoms with van der Waals surface area (Å²) in [5, 5.41) is 4.18. The molecule has 0 bridgehead atoms. The van der Waals surface area contributed by atoms with Crippen molar-refractivity contribution in [3.05, 3.63) is 66.2 Å². The number of carbonyl (C=O) groups excluding carboxylic acids is 2. The van der Waals surface area contributed by atoms with Gasteiger partial charge in [-0.2, -0.15) is 0 Å². The molecule has 0 fully saturated rings. The molecule has 9 heteroatoms. The van der Waals surface area contributed by atoms with Crippen LogP contribution in [0.4, 0.5) is 5.69 Å². The minimum Gasteiger partial charge on any atom is -0.497 e.